The molecule has 0 aliphatic carbocycles. The van der Waals surface area contributed by atoms with Crippen molar-refractivity contribution in [3.63, 3.8) is 0 Å². The Kier molecular flexibility index (Phi) is 7.95. The summed E-state index contributed by atoms with van der Waals surface area (Å²) in [5.41, 5.74) is 0.550. The Morgan fingerprint density at radius 2 is 2.00 bits per heavy atom. The van der Waals surface area contributed by atoms with Crippen LogP contribution >= 0.6 is 0 Å². The molecule has 1 heterocycles. The highest BCUT2D eigenvalue weighted by Crippen LogP contribution is 2.30. The van der Waals surface area contributed by atoms with Gasteiger partial charge in [0.2, 0.25) is 5.91 Å². The van der Waals surface area contributed by atoms with Gasteiger partial charge in [-0.2, -0.15) is 0 Å². The lowest BCUT2D eigenvalue weighted by molar-refractivity contribution is -0.126. The van der Waals surface area contributed by atoms with E-state index in [1.54, 1.807) is 25.3 Å². The highest BCUT2D eigenvalue weighted by molar-refractivity contribution is 5.95. The molecule has 27 heavy (non-hydrogen) atoms. The Balaban J connectivity index is 2.10. The summed E-state index contributed by atoms with van der Waals surface area (Å²) in [7, 11) is 1.56. The zero-order chi connectivity index (χ0) is 19.8. The van der Waals surface area contributed by atoms with E-state index in [-0.39, 0.29) is 23.8 Å². The van der Waals surface area contributed by atoms with Gasteiger partial charge in [0.05, 0.1) is 19.6 Å². The smallest absolute Gasteiger partial charge is 0.254 e. The molecule has 0 bridgehead atoms. The maximum atomic E-state index is 13.1. The number of nitrogens with one attached hydrogen (secondary N) is 1. The van der Waals surface area contributed by atoms with Crippen LogP contribution in [-0.2, 0) is 4.79 Å². The number of piperidine rings is 1. The van der Waals surface area contributed by atoms with Crippen molar-refractivity contribution in [2.24, 2.45) is 5.92 Å². The number of rotatable bonds is 8. The molecule has 1 aliphatic rings. The van der Waals surface area contributed by atoms with Crippen molar-refractivity contribution >= 4 is 11.8 Å². The van der Waals surface area contributed by atoms with Gasteiger partial charge < -0.3 is 19.7 Å². The normalized spacial score (nSPS) is 19.5. The van der Waals surface area contributed by atoms with Gasteiger partial charge in [0.15, 0.2) is 11.5 Å². The molecule has 0 radical (unpaired) electrons. The van der Waals surface area contributed by atoms with Crippen LogP contribution in [-0.4, -0.2) is 49.6 Å². The Labute approximate surface area is 162 Å². The maximum Gasteiger partial charge on any atom is 0.254 e. The van der Waals surface area contributed by atoms with Crippen molar-refractivity contribution in [3.8, 4) is 11.5 Å². The van der Waals surface area contributed by atoms with Gasteiger partial charge in [-0.05, 0) is 51.3 Å². The van der Waals surface area contributed by atoms with Crippen molar-refractivity contribution in [1.29, 1.82) is 0 Å². The minimum Gasteiger partial charge on any atom is -0.493 e. The first-order valence-electron chi connectivity index (χ1n) is 9.91. The highest BCUT2D eigenvalue weighted by atomic mass is 16.5. The SMILES string of the molecule is CCCCNC(=O)C1CCC(C)N(C(=O)c2ccc(OCC)c(OC)c2)C1. The van der Waals surface area contributed by atoms with E-state index in [1.165, 1.54) is 0 Å². The number of hydrogen-bond acceptors (Lipinski definition) is 4. The second kappa shape index (κ2) is 10.2. The molecular formula is C21H32N2O4. The minimum absolute atomic E-state index is 0.0532. The van der Waals surface area contributed by atoms with Crippen molar-refractivity contribution in [2.45, 2.75) is 52.5 Å². The lowest BCUT2D eigenvalue weighted by Gasteiger charge is -2.37. The van der Waals surface area contributed by atoms with E-state index >= 15 is 0 Å². The predicted octanol–water partition coefficient (Wildman–Crippen LogP) is 3.25. The van der Waals surface area contributed by atoms with Gasteiger partial charge in [-0.15, -0.1) is 0 Å². The summed E-state index contributed by atoms with van der Waals surface area (Å²) in [5.74, 6) is 0.997. The molecule has 2 unspecified atom stereocenters. The van der Waals surface area contributed by atoms with Crippen LogP contribution in [0.4, 0.5) is 0 Å². The molecule has 0 aromatic heterocycles. The van der Waals surface area contributed by atoms with E-state index in [2.05, 4.69) is 12.2 Å². The molecule has 1 aromatic rings. The fraction of sp³-hybridized carbons (Fsp3) is 0.619. The third-order valence-corrected chi connectivity index (χ3v) is 5.05. The van der Waals surface area contributed by atoms with Crippen LogP contribution in [0, 0.1) is 5.92 Å². The van der Waals surface area contributed by atoms with Crippen molar-refractivity contribution in [3.05, 3.63) is 23.8 Å². The zero-order valence-corrected chi connectivity index (χ0v) is 16.9. The second-order valence-electron chi connectivity index (χ2n) is 7.02. The third kappa shape index (κ3) is 5.37. The standard InChI is InChI=1S/C21H32N2O4/c1-5-7-12-22-20(24)17-9-8-15(3)23(14-17)21(25)16-10-11-18(27-6-2)19(13-16)26-4/h10-11,13,15,17H,5-9,12,14H2,1-4H3,(H,22,24). The number of carbonyl (C=O) groups excluding carboxylic acids is 2. The summed E-state index contributed by atoms with van der Waals surface area (Å²) in [6, 6.07) is 5.34. The van der Waals surface area contributed by atoms with Gasteiger partial charge in [-0.25, -0.2) is 0 Å². The first-order chi connectivity index (χ1) is 13.0. The van der Waals surface area contributed by atoms with E-state index in [0.717, 1.165) is 25.7 Å². The van der Waals surface area contributed by atoms with Crippen molar-refractivity contribution in [1.82, 2.24) is 10.2 Å². The number of likely N-dealkylation sites (tertiary alicyclic amines) is 1. The molecule has 6 heteroatoms. The number of carbonyl (C=O) groups is 2. The average molecular weight is 376 g/mol. The van der Waals surface area contributed by atoms with Gasteiger partial charge in [0.1, 0.15) is 0 Å². The molecule has 0 saturated carbocycles. The van der Waals surface area contributed by atoms with E-state index in [0.29, 0.717) is 36.8 Å². The lowest BCUT2D eigenvalue weighted by atomic mass is 9.92. The molecule has 1 aliphatic heterocycles. The Morgan fingerprint density at radius 3 is 2.67 bits per heavy atom. The zero-order valence-electron chi connectivity index (χ0n) is 16.9. The van der Waals surface area contributed by atoms with Gasteiger partial charge >= 0.3 is 0 Å². The van der Waals surface area contributed by atoms with Gasteiger partial charge in [-0.1, -0.05) is 13.3 Å². The molecule has 1 saturated heterocycles. The summed E-state index contributed by atoms with van der Waals surface area (Å²) in [5, 5.41) is 2.99. The fourth-order valence-electron chi connectivity index (χ4n) is 3.38. The number of methoxy groups -OCH3 is 1. The van der Waals surface area contributed by atoms with Crippen LogP contribution < -0.4 is 14.8 Å². The van der Waals surface area contributed by atoms with Gasteiger partial charge in [0.25, 0.3) is 5.91 Å². The number of ether oxygens (including phenoxy) is 2. The van der Waals surface area contributed by atoms with Gasteiger partial charge in [-0.3, -0.25) is 9.59 Å². The van der Waals surface area contributed by atoms with E-state index in [1.807, 2.05) is 18.7 Å². The van der Waals surface area contributed by atoms with Crippen molar-refractivity contribution < 1.29 is 19.1 Å². The Hall–Kier alpha value is -2.24. The number of hydrogen-bond donors (Lipinski definition) is 1. The van der Waals surface area contributed by atoms with E-state index in [9.17, 15) is 9.59 Å². The molecule has 1 N–H and O–H groups in total. The molecule has 6 nitrogen and oxygen atoms in total. The predicted molar refractivity (Wildman–Crippen MR) is 105 cm³/mol. The molecule has 2 rings (SSSR count). The second-order valence-corrected chi connectivity index (χ2v) is 7.02. The summed E-state index contributed by atoms with van der Waals surface area (Å²) >= 11 is 0. The molecule has 1 fully saturated rings. The highest BCUT2D eigenvalue weighted by Gasteiger charge is 2.33. The maximum absolute atomic E-state index is 13.1. The topological polar surface area (TPSA) is 67.9 Å². The van der Waals surface area contributed by atoms with Crippen LogP contribution in [0.3, 0.4) is 0 Å². The Morgan fingerprint density at radius 1 is 1.22 bits per heavy atom. The molecule has 2 atom stereocenters. The molecule has 0 spiro atoms. The number of amides is 2. The van der Waals surface area contributed by atoms with Crippen molar-refractivity contribution in [2.75, 3.05) is 26.8 Å². The molecule has 2 amide bonds. The van der Waals surface area contributed by atoms with Crippen LogP contribution in [0.1, 0.15) is 56.8 Å². The van der Waals surface area contributed by atoms with Crippen LogP contribution in [0.25, 0.3) is 0 Å². The largest absolute Gasteiger partial charge is 0.493 e. The van der Waals surface area contributed by atoms with E-state index in [4.69, 9.17) is 9.47 Å². The lowest BCUT2D eigenvalue weighted by Crippen LogP contribution is -2.49. The molecule has 1 aromatic carbocycles. The molecular weight excluding hydrogens is 344 g/mol. The summed E-state index contributed by atoms with van der Waals surface area (Å²) < 4.78 is 10.9. The summed E-state index contributed by atoms with van der Waals surface area (Å²) in [4.78, 5) is 27.3. The summed E-state index contributed by atoms with van der Waals surface area (Å²) in [6.45, 7) is 7.72. The van der Waals surface area contributed by atoms with E-state index < -0.39 is 0 Å². The first kappa shape index (κ1) is 21.1. The minimum atomic E-state index is -0.147. The first-order valence-corrected chi connectivity index (χ1v) is 9.91. The van der Waals surface area contributed by atoms with Crippen LogP contribution in [0.5, 0.6) is 11.5 Å². The number of nitrogens with zero attached hydrogens (tertiary/aromatic N) is 1. The average Bonchev–Trinajstić information content (AvgIpc) is 2.68. The summed E-state index contributed by atoms with van der Waals surface area (Å²) in [6.07, 6.45) is 3.66. The van der Waals surface area contributed by atoms with Gasteiger partial charge in [0, 0.05) is 24.7 Å². The molecule has 150 valence electrons. The number of unbranched alkanes of at least 4 members (excludes halogenated alkanes) is 1. The van der Waals surface area contributed by atoms with Crippen LogP contribution in [0.15, 0.2) is 18.2 Å². The third-order valence-electron chi connectivity index (χ3n) is 5.05. The quantitative estimate of drug-likeness (QED) is 0.707. The fourth-order valence-corrected chi connectivity index (χ4v) is 3.38. The Bertz CT molecular complexity index is 647. The van der Waals surface area contributed by atoms with Crippen LogP contribution in [0.2, 0.25) is 0 Å². The monoisotopic (exact) mass is 376 g/mol. The number of benzene rings is 1.